The minimum atomic E-state index is -3.43. The number of hydrogen-bond donors (Lipinski definition) is 2. The summed E-state index contributed by atoms with van der Waals surface area (Å²) in [6.45, 7) is 1.55. The maximum absolute atomic E-state index is 14.3. The molecule has 0 spiro atoms. The van der Waals surface area contributed by atoms with E-state index in [0.29, 0.717) is 32.6 Å². The molecule has 4 rings (SSSR count). The molecule has 0 aliphatic rings. The standard InChI is InChI=1S/C24H20BrF2N3O3S/c1-3-34(32,33)29-18-6-4-14-10-23(30(2)22(14)13-18)24(31)28-19-9-15(8-16(25)11-19)20-7-5-17(26)12-21(20)27/h4-13,29H,3H2,1-2H3,(H,28,31). The summed E-state index contributed by atoms with van der Waals surface area (Å²) in [5.41, 5.74) is 2.50. The molecular formula is C24H20BrF2N3O3S. The van der Waals surface area contributed by atoms with Crippen LogP contribution in [-0.4, -0.2) is 24.6 Å². The summed E-state index contributed by atoms with van der Waals surface area (Å²) in [6.07, 6.45) is 0. The number of halogens is 3. The third-order valence-corrected chi connectivity index (χ3v) is 7.09. The van der Waals surface area contributed by atoms with E-state index in [1.165, 1.54) is 12.1 Å². The summed E-state index contributed by atoms with van der Waals surface area (Å²) in [6, 6.07) is 15.0. The third kappa shape index (κ3) is 4.97. The summed E-state index contributed by atoms with van der Waals surface area (Å²) in [5.74, 6) is -1.84. The second-order valence-electron chi connectivity index (χ2n) is 7.67. The monoisotopic (exact) mass is 547 g/mol. The van der Waals surface area contributed by atoms with Crippen LogP contribution in [0, 0.1) is 11.6 Å². The fraction of sp³-hybridized carbons (Fsp3) is 0.125. The van der Waals surface area contributed by atoms with Gasteiger partial charge < -0.3 is 9.88 Å². The molecule has 6 nitrogen and oxygen atoms in total. The van der Waals surface area contributed by atoms with Crippen LogP contribution in [0.15, 0.2) is 65.1 Å². The Labute approximate surface area is 203 Å². The molecule has 4 aromatic rings. The number of fused-ring (bicyclic) bond motifs is 1. The van der Waals surface area contributed by atoms with E-state index in [1.807, 2.05) is 0 Å². The van der Waals surface area contributed by atoms with Crippen LogP contribution >= 0.6 is 15.9 Å². The topological polar surface area (TPSA) is 80.2 Å². The highest BCUT2D eigenvalue weighted by molar-refractivity contribution is 9.10. The molecule has 0 saturated carbocycles. The van der Waals surface area contributed by atoms with Crippen LogP contribution in [0.25, 0.3) is 22.0 Å². The molecule has 10 heteroatoms. The first-order chi connectivity index (χ1) is 16.1. The predicted molar refractivity (Wildman–Crippen MR) is 133 cm³/mol. The van der Waals surface area contributed by atoms with Crippen molar-refractivity contribution in [3.8, 4) is 11.1 Å². The minimum Gasteiger partial charge on any atom is -0.340 e. The Balaban J connectivity index is 1.64. The molecule has 34 heavy (non-hydrogen) atoms. The maximum Gasteiger partial charge on any atom is 0.272 e. The van der Waals surface area contributed by atoms with Crippen LogP contribution in [0.2, 0.25) is 0 Å². The number of anilines is 2. The van der Waals surface area contributed by atoms with Crippen LogP contribution in [-0.2, 0) is 17.1 Å². The highest BCUT2D eigenvalue weighted by Gasteiger charge is 2.16. The van der Waals surface area contributed by atoms with Gasteiger partial charge in [0.15, 0.2) is 0 Å². The first-order valence-electron chi connectivity index (χ1n) is 10.2. The average molecular weight is 548 g/mol. The van der Waals surface area contributed by atoms with Gasteiger partial charge in [0.1, 0.15) is 17.3 Å². The normalized spacial score (nSPS) is 11.6. The van der Waals surface area contributed by atoms with E-state index in [4.69, 9.17) is 0 Å². The number of nitrogens with one attached hydrogen (secondary N) is 2. The Morgan fingerprint density at radius 2 is 1.76 bits per heavy atom. The van der Waals surface area contributed by atoms with E-state index in [0.717, 1.165) is 11.5 Å². The van der Waals surface area contributed by atoms with Crippen molar-refractivity contribution < 1.29 is 22.0 Å². The van der Waals surface area contributed by atoms with Crippen molar-refractivity contribution in [1.29, 1.82) is 0 Å². The zero-order valence-corrected chi connectivity index (χ0v) is 20.6. The largest absolute Gasteiger partial charge is 0.340 e. The quantitative estimate of drug-likeness (QED) is 0.315. The minimum absolute atomic E-state index is 0.0533. The summed E-state index contributed by atoms with van der Waals surface area (Å²) < 4.78 is 56.1. The van der Waals surface area contributed by atoms with E-state index in [-0.39, 0.29) is 11.3 Å². The Hall–Kier alpha value is -3.24. The first kappa shape index (κ1) is 23.9. The molecule has 1 heterocycles. The third-order valence-electron chi connectivity index (χ3n) is 5.33. The van der Waals surface area contributed by atoms with Crippen molar-refractivity contribution in [2.75, 3.05) is 15.8 Å². The van der Waals surface area contributed by atoms with E-state index in [1.54, 1.807) is 61.0 Å². The zero-order valence-electron chi connectivity index (χ0n) is 18.2. The van der Waals surface area contributed by atoms with Gasteiger partial charge in [-0.05, 0) is 61.0 Å². The number of aryl methyl sites for hydroxylation is 1. The number of sulfonamides is 1. The number of rotatable bonds is 6. The molecule has 2 N–H and O–H groups in total. The number of amides is 1. The van der Waals surface area contributed by atoms with Crippen molar-refractivity contribution in [1.82, 2.24) is 4.57 Å². The lowest BCUT2D eigenvalue weighted by molar-refractivity contribution is 0.101. The van der Waals surface area contributed by atoms with Gasteiger partial charge in [0, 0.05) is 34.2 Å². The smallest absolute Gasteiger partial charge is 0.272 e. The predicted octanol–water partition coefficient (Wildman–Crippen LogP) is 5.90. The molecule has 176 valence electrons. The van der Waals surface area contributed by atoms with Crippen molar-refractivity contribution >= 4 is 54.1 Å². The summed E-state index contributed by atoms with van der Waals surface area (Å²) in [5, 5.41) is 3.57. The number of hydrogen-bond acceptors (Lipinski definition) is 3. The molecule has 0 aliphatic carbocycles. The van der Waals surface area contributed by atoms with Gasteiger partial charge in [-0.1, -0.05) is 22.0 Å². The lowest BCUT2D eigenvalue weighted by Gasteiger charge is -2.11. The van der Waals surface area contributed by atoms with Crippen molar-refractivity contribution in [3.05, 3.63) is 82.5 Å². The molecule has 0 bridgehead atoms. The second kappa shape index (κ2) is 9.19. The van der Waals surface area contributed by atoms with Gasteiger partial charge in [0.25, 0.3) is 5.91 Å². The maximum atomic E-state index is 14.3. The number of aromatic nitrogens is 1. The van der Waals surface area contributed by atoms with Crippen LogP contribution in [0.1, 0.15) is 17.4 Å². The van der Waals surface area contributed by atoms with Crippen LogP contribution in [0.5, 0.6) is 0 Å². The molecular weight excluding hydrogens is 528 g/mol. The molecule has 1 aromatic heterocycles. The van der Waals surface area contributed by atoms with E-state index in [2.05, 4.69) is 26.0 Å². The average Bonchev–Trinajstić information content (AvgIpc) is 3.09. The van der Waals surface area contributed by atoms with Crippen LogP contribution < -0.4 is 10.0 Å². The van der Waals surface area contributed by atoms with E-state index < -0.39 is 27.6 Å². The summed E-state index contributed by atoms with van der Waals surface area (Å²) in [4.78, 5) is 13.1. The number of benzene rings is 3. The highest BCUT2D eigenvalue weighted by atomic mass is 79.9. The fourth-order valence-electron chi connectivity index (χ4n) is 3.60. The van der Waals surface area contributed by atoms with Gasteiger partial charge in [0.05, 0.1) is 17.0 Å². The molecule has 0 fully saturated rings. The number of carbonyl (C=O) groups is 1. The van der Waals surface area contributed by atoms with Gasteiger partial charge in [-0.3, -0.25) is 9.52 Å². The second-order valence-corrected chi connectivity index (χ2v) is 10.6. The Morgan fingerprint density at radius 1 is 1.00 bits per heavy atom. The van der Waals surface area contributed by atoms with Crippen LogP contribution in [0.3, 0.4) is 0 Å². The SMILES string of the molecule is CCS(=O)(=O)Nc1ccc2cc(C(=O)Nc3cc(Br)cc(-c4ccc(F)cc4F)c3)n(C)c2c1. The lowest BCUT2D eigenvalue weighted by atomic mass is 10.0. The molecule has 0 radical (unpaired) electrons. The number of carbonyl (C=O) groups excluding carboxylic acids is 1. The fourth-order valence-corrected chi connectivity index (χ4v) is 4.72. The van der Waals surface area contributed by atoms with Crippen molar-refractivity contribution in [2.24, 2.45) is 7.05 Å². The lowest BCUT2D eigenvalue weighted by Crippen LogP contribution is -2.16. The van der Waals surface area contributed by atoms with Crippen molar-refractivity contribution in [3.63, 3.8) is 0 Å². The molecule has 0 atom stereocenters. The van der Waals surface area contributed by atoms with Crippen molar-refractivity contribution in [2.45, 2.75) is 6.92 Å². The number of nitrogens with zero attached hydrogens (tertiary/aromatic N) is 1. The molecule has 0 unspecified atom stereocenters. The van der Waals surface area contributed by atoms with Gasteiger partial charge in [0.2, 0.25) is 10.0 Å². The van der Waals surface area contributed by atoms with Gasteiger partial charge in [-0.2, -0.15) is 0 Å². The zero-order chi connectivity index (χ0) is 24.6. The molecule has 0 aliphatic heterocycles. The summed E-state index contributed by atoms with van der Waals surface area (Å²) in [7, 11) is -1.73. The highest BCUT2D eigenvalue weighted by Crippen LogP contribution is 2.30. The van der Waals surface area contributed by atoms with E-state index >= 15 is 0 Å². The van der Waals surface area contributed by atoms with Gasteiger partial charge in [-0.15, -0.1) is 0 Å². The van der Waals surface area contributed by atoms with Gasteiger partial charge >= 0.3 is 0 Å². The van der Waals surface area contributed by atoms with Crippen LogP contribution in [0.4, 0.5) is 20.2 Å². The molecule has 1 amide bonds. The Bertz CT molecular complexity index is 1530. The van der Waals surface area contributed by atoms with Gasteiger partial charge in [-0.25, -0.2) is 17.2 Å². The molecule has 0 saturated heterocycles. The molecule has 3 aromatic carbocycles. The Morgan fingerprint density at radius 3 is 2.47 bits per heavy atom. The Kier molecular flexibility index (Phi) is 6.46. The van der Waals surface area contributed by atoms with E-state index in [9.17, 15) is 22.0 Å². The summed E-state index contributed by atoms with van der Waals surface area (Å²) >= 11 is 3.37. The first-order valence-corrected chi connectivity index (χ1v) is 12.7.